The minimum absolute atomic E-state index is 0.0843. The van der Waals surface area contributed by atoms with Gasteiger partial charge >= 0.3 is 0 Å². The maximum Gasteiger partial charge on any atom is 0.0577 e. The summed E-state index contributed by atoms with van der Waals surface area (Å²) in [5, 5.41) is 10.3. The fraction of sp³-hybridized carbons (Fsp3) is 0.867. The van der Waals surface area contributed by atoms with Crippen molar-refractivity contribution in [1.82, 2.24) is 0 Å². The molecule has 8 atom stereocenters. The minimum atomic E-state index is -0.0843. The molecule has 0 spiro atoms. The molecule has 1 heteroatoms. The summed E-state index contributed by atoms with van der Waals surface area (Å²) in [5.41, 5.74) is 4.24. The Balaban J connectivity index is 1.47. The Morgan fingerprint density at radius 1 is 1.10 bits per heavy atom. The van der Waals surface area contributed by atoms with Gasteiger partial charge in [0.25, 0.3) is 0 Å². The fourth-order valence-electron chi connectivity index (χ4n) is 9.10. The first-order valence-electron chi connectivity index (χ1n) is 13.8. The van der Waals surface area contributed by atoms with Crippen molar-refractivity contribution < 1.29 is 5.11 Å². The molecule has 0 aromatic rings. The molecule has 4 aliphatic carbocycles. The highest BCUT2D eigenvalue weighted by molar-refractivity contribution is 5.25. The summed E-state index contributed by atoms with van der Waals surface area (Å²) in [6.45, 7) is 14.9. The molecule has 1 N–H and O–H groups in total. The summed E-state index contributed by atoms with van der Waals surface area (Å²) >= 11 is 0. The molecule has 0 amide bonds. The Bertz CT molecular complexity index is 701. The van der Waals surface area contributed by atoms with Crippen LogP contribution >= 0.6 is 0 Å². The molecule has 3 fully saturated rings. The van der Waals surface area contributed by atoms with Crippen molar-refractivity contribution >= 4 is 0 Å². The van der Waals surface area contributed by atoms with Gasteiger partial charge in [-0.05, 0) is 117 Å². The first kappa shape index (κ1) is 23.6. The summed E-state index contributed by atoms with van der Waals surface area (Å²) in [4.78, 5) is 0. The van der Waals surface area contributed by atoms with Crippen molar-refractivity contribution in [2.75, 3.05) is 0 Å². The van der Waals surface area contributed by atoms with Crippen LogP contribution < -0.4 is 0 Å². The van der Waals surface area contributed by atoms with Crippen LogP contribution in [0.1, 0.15) is 112 Å². The highest BCUT2D eigenvalue weighted by atomic mass is 16.3. The van der Waals surface area contributed by atoms with Crippen LogP contribution in [0.25, 0.3) is 0 Å². The molecule has 0 aromatic carbocycles. The normalized spacial score (nSPS) is 43.8. The molecule has 0 aromatic heterocycles. The van der Waals surface area contributed by atoms with Crippen molar-refractivity contribution in [1.29, 1.82) is 0 Å². The van der Waals surface area contributed by atoms with Crippen LogP contribution in [0.3, 0.4) is 0 Å². The van der Waals surface area contributed by atoms with Crippen molar-refractivity contribution in [3.8, 4) is 0 Å². The molecule has 1 nitrogen and oxygen atoms in total. The van der Waals surface area contributed by atoms with Crippen molar-refractivity contribution in [2.45, 2.75) is 118 Å². The predicted molar refractivity (Wildman–Crippen MR) is 133 cm³/mol. The van der Waals surface area contributed by atoms with Crippen LogP contribution in [0.5, 0.6) is 0 Å². The van der Waals surface area contributed by atoms with E-state index in [9.17, 15) is 5.11 Å². The van der Waals surface area contributed by atoms with Crippen LogP contribution in [0.15, 0.2) is 23.3 Å². The Morgan fingerprint density at radius 3 is 2.58 bits per heavy atom. The zero-order chi connectivity index (χ0) is 22.4. The number of aliphatic hydroxyl groups is 1. The van der Waals surface area contributed by atoms with E-state index in [4.69, 9.17) is 0 Å². The Hall–Kier alpha value is -0.560. The lowest BCUT2D eigenvalue weighted by Gasteiger charge is -2.58. The van der Waals surface area contributed by atoms with Gasteiger partial charge in [-0.25, -0.2) is 0 Å². The lowest BCUT2D eigenvalue weighted by molar-refractivity contribution is -0.0571. The van der Waals surface area contributed by atoms with Gasteiger partial charge in [-0.3, -0.25) is 0 Å². The summed E-state index contributed by atoms with van der Waals surface area (Å²) in [6, 6.07) is 0. The van der Waals surface area contributed by atoms with Gasteiger partial charge in [-0.2, -0.15) is 0 Å². The smallest absolute Gasteiger partial charge is 0.0577 e. The predicted octanol–water partition coefficient (Wildman–Crippen LogP) is 8.34. The van der Waals surface area contributed by atoms with E-state index in [1.54, 1.807) is 11.1 Å². The van der Waals surface area contributed by atoms with Gasteiger partial charge in [-0.15, -0.1) is 0 Å². The van der Waals surface area contributed by atoms with Crippen molar-refractivity contribution in [3.63, 3.8) is 0 Å². The van der Waals surface area contributed by atoms with E-state index < -0.39 is 0 Å². The number of hydrogen-bond acceptors (Lipinski definition) is 1. The average Bonchev–Trinajstić information content (AvgIpc) is 3.08. The molecule has 0 bridgehead atoms. The van der Waals surface area contributed by atoms with Gasteiger partial charge in [0.05, 0.1) is 6.10 Å². The third-order valence-electron chi connectivity index (χ3n) is 10.9. The summed E-state index contributed by atoms with van der Waals surface area (Å²) < 4.78 is 0. The van der Waals surface area contributed by atoms with Gasteiger partial charge in [0.1, 0.15) is 0 Å². The van der Waals surface area contributed by atoms with Crippen molar-refractivity contribution in [2.24, 2.45) is 46.3 Å². The van der Waals surface area contributed by atoms with Crippen LogP contribution in [0.4, 0.5) is 0 Å². The number of rotatable bonds is 6. The molecule has 31 heavy (non-hydrogen) atoms. The number of aliphatic hydroxyl groups excluding tert-OH is 1. The Morgan fingerprint density at radius 2 is 1.87 bits per heavy atom. The van der Waals surface area contributed by atoms with Crippen LogP contribution in [0.2, 0.25) is 0 Å². The third-order valence-corrected chi connectivity index (χ3v) is 10.9. The zero-order valence-corrected chi connectivity index (χ0v) is 21.4. The summed E-state index contributed by atoms with van der Waals surface area (Å²) in [6.07, 6.45) is 19.2. The second kappa shape index (κ2) is 9.00. The Labute approximate surface area is 193 Å². The number of fused-ring (bicyclic) bond motifs is 5. The molecular weight excluding hydrogens is 376 g/mol. The average molecular weight is 427 g/mol. The third kappa shape index (κ3) is 4.11. The molecule has 0 unspecified atom stereocenters. The standard InChI is InChI=1S/C30H50O/c1-7-8-22(20(2)3)10-9-21(4)26-13-14-27-25-12-11-23-19-24(31)15-17-29(23,5)28(25)16-18-30(26,27)6/h8,11,20-21,24-28,31H,7,9-10,12-19H2,1-6H3/b22-8-/t21-,24+,25-,26-,27-,28-,29+,30-/m1/s1. The SMILES string of the molecule is CC/C=C(/CC[C@@H](C)[C@H]1CC[C@@H]2[C@H]3CC=C4C[C@@H](O)CC[C@]4(C)[C@@H]3CC[C@@]21C)C(C)C. The van der Waals surface area contributed by atoms with Gasteiger partial charge in [-0.1, -0.05) is 64.8 Å². The second-order valence-corrected chi connectivity index (χ2v) is 12.7. The first-order chi connectivity index (χ1) is 14.7. The van der Waals surface area contributed by atoms with E-state index in [1.165, 1.54) is 57.8 Å². The second-order valence-electron chi connectivity index (χ2n) is 12.7. The minimum Gasteiger partial charge on any atom is -0.393 e. The van der Waals surface area contributed by atoms with E-state index in [0.29, 0.717) is 16.7 Å². The molecule has 0 saturated heterocycles. The van der Waals surface area contributed by atoms with E-state index in [2.05, 4.69) is 53.7 Å². The monoisotopic (exact) mass is 426 g/mol. The van der Waals surface area contributed by atoms with Gasteiger partial charge < -0.3 is 5.11 Å². The molecule has 4 aliphatic rings. The van der Waals surface area contributed by atoms with E-state index >= 15 is 0 Å². The fourth-order valence-corrected chi connectivity index (χ4v) is 9.10. The number of hydrogen-bond donors (Lipinski definition) is 1. The molecule has 176 valence electrons. The highest BCUT2D eigenvalue weighted by Gasteiger charge is 2.59. The quantitative estimate of drug-likeness (QED) is 0.423. The largest absolute Gasteiger partial charge is 0.393 e. The maximum atomic E-state index is 10.3. The zero-order valence-electron chi connectivity index (χ0n) is 21.4. The van der Waals surface area contributed by atoms with Gasteiger partial charge in [0.2, 0.25) is 0 Å². The van der Waals surface area contributed by atoms with E-state index in [1.807, 2.05) is 0 Å². The van der Waals surface area contributed by atoms with Gasteiger partial charge in [0.15, 0.2) is 0 Å². The molecule has 0 aliphatic heterocycles. The molecule has 0 heterocycles. The number of allylic oxidation sites excluding steroid dienone is 3. The molecule has 0 radical (unpaired) electrons. The lowest BCUT2D eigenvalue weighted by atomic mass is 9.47. The van der Waals surface area contributed by atoms with Crippen LogP contribution in [-0.2, 0) is 0 Å². The van der Waals surface area contributed by atoms with Crippen LogP contribution in [-0.4, -0.2) is 11.2 Å². The summed E-state index contributed by atoms with van der Waals surface area (Å²) in [7, 11) is 0. The highest BCUT2D eigenvalue weighted by Crippen LogP contribution is 2.67. The van der Waals surface area contributed by atoms with Gasteiger partial charge in [0, 0.05) is 0 Å². The Kier molecular flexibility index (Phi) is 6.85. The maximum absolute atomic E-state index is 10.3. The summed E-state index contributed by atoms with van der Waals surface area (Å²) in [5.74, 6) is 5.15. The van der Waals surface area contributed by atoms with E-state index in [0.717, 1.165) is 42.4 Å². The molecule has 4 rings (SSSR count). The van der Waals surface area contributed by atoms with E-state index in [-0.39, 0.29) is 6.10 Å². The topological polar surface area (TPSA) is 20.2 Å². The molecule has 3 saturated carbocycles. The molecular formula is C30H50O. The first-order valence-corrected chi connectivity index (χ1v) is 13.8. The van der Waals surface area contributed by atoms with Crippen LogP contribution in [0, 0.1) is 46.3 Å². The van der Waals surface area contributed by atoms with Crippen molar-refractivity contribution in [3.05, 3.63) is 23.3 Å². The lowest BCUT2D eigenvalue weighted by Crippen LogP contribution is -2.50.